The average molecular weight is 335 g/mol. The molecule has 1 aromatic heterocycles. The molecule has 0 unspecified atom stereocenters. The van der Waals surface area contributed by atoms with E-state index in [0.717, 1.165) is 39.9 Å². The van der Waals surface area contributed by atoms with Crippen LogP contribution in [0.15, 0.2) is 51.7 Å². The molecule has 2 heterocycles. The Bertz CT molecular complexity index is 989. The fraction of sp³-hybridized carbons (Fsp3) is 0.286. The minimum atomic E-state index is -0.339. The highest BCUT2D eigenvalue weighted by Gasteiger charge is 2.24. The molecule has 2 aromatic carbocycles. The van der Waals surface area contributed by atoms with Gasteiger partial charge in [0.1, 0.15) is 18.1 Å². The van der Waals surface area contributed by atoms with Gasteiger partial charge in [-0.1, -0.05) is 30.3 Å². The molecule has 0 saturated carbocycles. The minimum Gasteiger partial charge on any atom is -0.477 e. The van der Waals surface area contributed by atoms with E-state index in [1.165, 1.54) is 0 Å². The van der Waals surface area contributed by atoms with Crippen LogP contribution in [0, 0.1) is 6.92 Å². The molecule has 4 rings (SSSR count). The SMILES string of the molecule is Cc1c2c(cc3c(-c4ccccc4)cc(=O)oc13)CN(C(C)C)CO2. The lowest BCUT2D eigenvalue weighted by molar-refractivity contribution is 0.0681. The fourth-order valence-corrected chi connectivity index (χ4v) is 3.43. The molecule has 25 heavy (non-hydrogen) atoms. The van der Waals surface area contributed by atoms with Gasteiger partial charge in [0.25, 0.3) is 0 Å². The van der Waals surface area contributed by atoms with E-state index in [4.69, 9.17) is 9.15 Å². The number of fused-ring (bicyclic) bond motifs is 2. The maximum atomic E-state index is 12.1. The average Bonchev–Trinajstić information content (AvgIpc) is 2.62. The van der Waals surface area contributed by atoms with Crippen LogP contribution in [0.3, 0.4) is 0 Å². The van der Waals surface area contributed by atoms with Gasteiger partial charge in [-0.3, -0.25) is 4.90 Å². The Balaban J connectivity index is 1.98. The molecule has 0 fully saturated rings. The van der Waals surface area contributed by atoms with Crippen molar-refractivity contribution in [3.05, 3.63) is 64.0 Å². The van der Waals surface area contributed by atoms with Gasteiger partial charge in [0, 0.05) is 35.2 Å². The first-order valence-electron chi connectivity index (χ1n) is 8.57. The van der Waals surface area contributed by atoms with Gasteiger partial charge in [0.2, 0.25) is 0 Å². The van der Waals surface area contributed by atoms with Crippen LogP contribution in [0.1, 0.15) is 25.0 Å². The quantitative estimate of drug-likeness (QED) is 0.654. The first-order valence-corrected chi connectivity index (χ1v) is 8.57. The number of ether oxygens (including phenoxy) is 1. The predicted molar refractivity (Wildman–Crippen MR) is 98.8 cm³/mol. The van der Waals surface area contributed by atoms with Gasteiger partial charge in [0.15, 0.2) is 0 Å². The molecule has 0 spiro atoms. The fourth-order valence-electron chi connectivity index (χ4n) is 3.43. The minimum absolute atomic E-state index is 0.339. The van der Waals surface area contributed by atoms with Crippen LogP contribution in [0.4, 0.5) is 0 Å². The summed E-state index contributed by atoms with van der Waals surface area (Å²) in [6.07, 6.45) is 0. The van der Waals surface area contributed by atoms with Gasteiger partial charge in [-0.15, -0.1) is 0 Å². The zero-order valence-electron chi connectivity index (χ0n) is 14.7. The summed E-state index contributed by atoms with van der Waals surface area (Å²) >= 11 is 0. The van der Waals surface area contributed by atoms with E-state index in [-0.39, 0.29) is 5.63 Å². The Labute approximate surface area is 146 Å². The number of nitrogens with zero attached hydrogens (tertiary/aromatic N) is 1. The molecule has 4 heteroatoms. The van der Waals surface area contributed by atoms with E-state index in [9.17, 15) is 4.79 Å². The third-order valence-corrected chi connectivity index (χ3v) is 4.85. The van der Waals surface area contributed by atoms with E-state index in [2.05, 4.69) is 24.8 Å². The maximum absolute atomic E-state index is 12.1. The van der Waals surface area contributed by atoms with Gasteiger partial charge in [-0.05, 0) is 38.0 Å². The number of aryl methyl sites for hydroxylation is 1. The van der Waals surface area contributed by atoms with Gasteiger partial charge in [-0.2, -0.15) is 0 Å². The summed E-state index contributed by atoms with van der Waals surface area (Å²) in [6, 6.07) is 14.0. The number of rotatable bonds is 2. The number of hydrogen-bond acceptors (Lipinski definition) is 4. The highest BCUT2D eigenvalue weighted by molar-refractivity contribution is 5.96. The van der Waals surface area contributed by atoms with Crippen molar-refractivity contribution >= 4 is 11.0 Å². The Morgan fingerprint density at radius 3 is 2.60 bits per heavy atom. The van der Waals surface area contributed by atoms with Crippen LogP contribution < -0.4 is 10.4 Å². The second-order valence-corrected chi connectivity index (χ2v) is 6.83. The van der Waals surface area contributed by atoms with Gasteiger partial charge in [-0.25, -0.2) is 4.79 Å². The monoisotopic (exact) mass is 335 g/mol. The highest BCUT2D eigenvalue weighted by atomic mass is 16.5. The second-order valence-electron chi connectivity index (χ2n) is 6.83. The molecule has 3 aromatic rings. The van der Waals surface area contributed by atoms with Gasteiger partial charge >= 0.3 is 5.63 Å². The predicted octanol–water partition coefficient (Wildman–Crippen LogP) is 4.33. The molecule has 0 bridgehead atoms. The Hall–Kier alpha value is -2.59. The van der Waals surface area contributed by atoms with Crippen molar-refractivity contribution in [1.82, 2.24) is 4.90 Å². The summed E-state index contributed by atoms with van der Waals surface area (Å²) in [5.41, 5.74) is 4.22. The zero-order valence-corrected chi connectivity index (χ0v) is 14.7. The topological polar surface area (TPSA) is 42.7 Å². The molecule has 0 aliphatic carbocycles. The summed E-state index contributed by atoms with van der Waals surface area (Å²) in [6.45, 7) is 7.67. The largest absolute Gasteiger partial charge is 0.477 e. The highest BCUT2D eigenvalue weighted by Crippen LogP contribution is 2.38. The standard InChI is InChI=1S/C21H21NO3/c1-13(2)22-11-16-9-18-17(15-7-5-4-6-8-15)10-19(23)25-21(18)14(3)20(16)24-12-22/h4-10,13H,11-12H2,1-3H3. The van der Waals surface area contributed by atoms with Crippen molar-refractivity contribution in [1.29, 1.82) is 0 Å². The van der Waals surface area contributed by atoms with Crippen molar-refractivity contribution in [2.45, 2.75) is 33.4 Å². The normalized spacial score (nSPS) is 14.6. The van der Waals surface area contributed by atoms with Crippen LogP contribution >= 0.6 is 0 Å². The van der Waals surface area contributed by atoms with E-state index in [1.807, 2.05) is 37.3 Å². The Kier molecular flexibility index (Phi) is 3.85. The molecule has 4 nitrogen and oxygen atoms in total. The van der Waals surface area contributed by atoms with Crippen molar-refractivity contribution in [3.63, 3.8) is 0 Å². The van der Waals surface area contributed by atoms with E-state index in [0.29, 0.717) is 18.4 Å². The lowest BCUT2D eigenvalue weighted by Crippen LogP contribution is -2.37. The van der Waals surface area contributed by atoms with Crippen molar-refractivity contribution in [3.8, 4) is 16.9 Å². The van der Waals surface area contributed by atoms with E-state index >= 15 is 0 Å². The van der Waals surface area contributed by atoms with Crippen molar-refractivity contribution in [2.24, 2.45) is 0 Å². The number of benzene rings is 2. The first-order chi connectivity index (χ1) is 12.0. The second kappa shape index (κ2) is 6.05. The zero-order chi connectivity index (χ0) is 17.6. The molecule has 1 aliphatic rings. The van der Waals surface area contributed by atoms with Crippen LogP contribution in [0.5, 0.6) is 5.75 Å². The molecule has 0 N–H and O–H groups in total. The first kappa shape index (κ1) is 15.9. The van der Waals surface area contributed by atoms with Crippen LogP contribution in [0.25, 0.3) is 22.1 Å². The summed E-state index contributed by atoms with van der Waals surface area (Å²) in [7, 11) is 0. The maximum Gasteiger partial charge on any atom is 0.336 e. The molecule has 1 aliphatic heterocycles. The molecule has 0 amide bonds. The summed E-state index contributed by atoms with van der Waals surface area (Å²) in [4.78, 5) is 14.4. The lowest BCUT2D eigenvalue weighted by atomic mass is 9.97. The van der Waals surface area contributed by atoms with Crippen LogP contribution in [-0.4, -0.2) is 17.7 Å². The summed E-state index contributed by atoms with van der Waals surface area (Å²) in [5.74, 6) is 0.845. The Morgan fingerprint density at radius 1 is 1.12 bits per heavy atom. The van der Waals surface area contributed by atoms with Crippen LogP contribution in [-0.2, 0) is 6.54 Å². The molecular formula is C21H21NO3. The molecule has 0 atom stereocenters. The summed E-state index contributed by atoms with van der Waals surface area (Å²) in [5, 5.41) is 0.955. The van der Waals surface area contributed by atoms with E-state index in [1.54, 1.807) is 6.07 Å². The molecule has 0 saturated heterocycles. The molecule has 0 radical (unpaired) electrons. The van der Waals surface area contributed by atoms with E-state index < -0.39 is 0 Å². The smallest absolute Gasteiger partial charge is 0.336 e. The van der Waals surface area contributed by atoms with Gasteiger partial charge in [0.05, 0.1) is 0 Å². The molecule has 128 valence electrons. The third-order valence-electron chi connectivity index (χ3n) is 4.85. The van der Waals surface area contributed by atoms with Crippen LogP contribution in [0.2, 0.25) is 0 Å². The lowest BCUT2D eigenvalue weighted by Gasteiger charge is -2.33. The van der Waals surface area contributed by atoms with Crippen molar-refractivity contribution < 1.29 is 9.15 Å². The van der Waals surface area contributed by atoms with Crippen molar-refractivity contribution in [2.75, 3.05) is 6.73 Å². The third kappa shape index (κ3) is 2.72. The van der Waals surface area contributed by atoms with Gasteiger partial charge < -0.3 is 9.15 Å². The molecular weight excluding hydrogens is 314 g/mol. The number of hydrogen-bond donors (Lipinski definition) is 0. The summed E-state index contributed by atoms with van der Waals surface area (Å²) < 4.78 is 11.5. The Morgan fingerprint density at radius 2 is 1.88 bits per heavy atom.